The standard InChI is InChI=1S/C10H17NO6S/c1-2-10(6-13,7-14)11-18(15,16)9-4-3-8(5-12)17-9/h3-4,11-14H,2,5-7H2,1H3. The van der Waals surface area contributed by atoms with E-state index in [2.05, 4.69) is 4.72 Å². The van der Waals surface area contributed by atoms with Crippen molar-refractivity contribution >= 4 is 10.0 Å². The molecule has 4 N–H and O–H groups in total. The van der Waals surface area contributed by atoms with Crippen molar-refractivity contribution in [2.24, 2.45) is 0 Å². The molecule has 0 saturated carbocycles. The molecule has 0 spiro atoms. The normalized spacial score (nSPS) is 12.9. The molecule has 104 valence electrons. The van der Waals surface area contributed by atoms with E-state index in [1.165, 1.54) is 12.1 Å². The van der Waals surface area contributed by atoms with Crippen LogP contribution in [0.1, 0.15) is 19.1 Å². The molecule has 0 amide bonds. The fourth-order valence-corrected chi connectivity index (χ4v) is 2.74. The number of hydrogen-bond acceptors (Lipinski definition) is 6. The Kier molecular flexibility index (Phi) is 4.88. The highest BCUT2D eigenvalue weighted by Gasteiger charge is 2.34. The second-order valence-corrected chi connectivity index (χ2v) is 5.55. The smallest absolute Gasteiger partial charge is 0.274 e. The van der Waals surface area contributed by atoms with Crippen molar-refractivity contribution in [3.63, 3.8) is 0 Å². The zero-order valence-electron chi connectivity index (χ0n) is 9.96. The number of furan rings is 1. The van der Waals surface area contributed by atoms with E-state index in [0.717, 1.165) is 0 Å². The number of sulfonamides is 1. The molecular formula is C10H17NO6S. The minimum Gasteiger partial charge on any atom is -0.446 e. The molecule has 0 bridgehead atoms. The highest BCUT2D eigenvalue weighted by atomic mass is 32.2. The lowest BCUT2D eigenvalue weighted by Crippen LogP contribution is -2.53. The van der Waals surface area contributed by atoms with Crippen molar-refractivity contribution in [3.05, 3.63) is 17.9 Å². The van der Waals surface area contributed by atoms with Gasteiger partial charge in [-0.15, -0.1) is 0 Å². The van der Waals surface area contributed by atoms with Gasteiger partial charge in [0, 0.05) is 0 Å². The molecule has 0 atom stereocenters. The van der Waals surface area contributed by atoms with E-state index < -0.39 is 35.4 Å². The quantitative estimate of drug-likeness (QED) is 0.518. The van der Waals surface area contributed by atoms with Crippen molar-refractivity contribution in [2.75, 3.05) is 13.2 Å². The summed E-state index contributed by atoms with van der Waals surface area (Å²) in [6, 6.07) is 2.53. The van der Waals surface area contributed by atoms with Crippen molar-refractivity contribution in [2.45, 2.75) is 30.6 Å². The third-order valence-electron chi connectivity index (χ3n) is 2.69. The van der Waals surface area contributed by atoms with Gasteiger partial charge in [0.05, 0.1) is 18.8 Å². The van der Waals surface area contributed by atoms with E-state index in [9.17, 15) is 18.6 Å². The van der Waals surface area contributed by atoms with E-state index in [4.69, 9.17) is 9.52 Å². The molecule has 1 rings (SSSR count). The molecule has 0 aliphatic rings. The van der Waals surface area contributed by atoms with Crippen molar-refractivity contribution in [1.82, 2.24) is 4.72 Å². The number of hydrogen-bond donors (Lipinski definition) is 4. The lowest BCUT2D eigenvalue weighted by Gasteiger charge is -2.28. The SMILES string of the molecule is CCC(CO)(CO)NS(=O)(=O)c1ccc(CO)o1. The van der Waals surface area contributed by atoms with Gasteiger partial charge in [0.2, 0.25) is 5.09 Å². The number of rotatable bonds is 7. The van der Waals surface area contributed by atoms with Gasteiger partial charge < -0.3 is 19.7 Å². The Labute approximate surface area is 105 Å². The first-order valence-electron chi connectivity index (χ1n) is 5.38. The van der Waals surface area contributed by atoms with Gasteiger partial charge in [-0.2, -0.15) is 4.72 Å². The third-order valence-corrected chi connectivity index (χ3v) is 4.14. The van der Waals surface area contributed by atoms with Crippen LogP contribution in [0.25, 0.3) is 0 Å². The van der Waals surface area contributed by atoms with Gasteiger partial charge in [0.25, 0.3) is 10.0 Å². The van der Waals surface area contributed by atoms with E-state index in [-0.39, 0.29) is 17.3 Å². The van der Waals surface area contributed by atoms with Gasteiger partial charge in [0.15, 0.2) is 0 Å². The van der Waals surface area contributed by atoms with Gasteiger partial charge in [0.1, 0.15) is 12.4 Å². The molecule has 0 aliphatic heterocycles. The molecule has 1 heterocycles. The Morgan fingerprint density at radius 2 is 1.89 bits per heavy atom. The maximum Gasteiger partial charge on any atom is 0.274 e. The molecule has 0 radical (unpaired) electrons. The van der Waals surface area contributed by atoms with Crippen LogP contribution in [0, 0.1) is 0 Å². The van der Waals surface area contributed by atoms with E-state index in [1.807, 2.05) is 0 Å². The molecule has 0 saturated heterocycles. The predicted molar refractivity (Wildman–Crippen MR) is 62.1 cm³/mol. The van der Waals surface area contributed by atoms with E-state index in [1.54, 1.807) is 6.92 Å². The van der Waals surface area contributed by atoms with Gasteiger partial charge in [-0.1, -0.05) is 6.92 Å². The molecule has 0 unspecified atom stereocenters. The lowest BCUT2D eigenvalue weighted by atomic mass is 10.0. The highest BCUT2D eigenvalue weighted by Crippen LogP contribution is 2.18. The van der Waals surface area contributed by atoms with Crippen LogP contribution >= 0.6 is 0 Å². The summed E-state index contributed by atoms with van der Waals surface area (Å²) in [6.07, 6.45) is 0.215. The number of aliphatic hydroxyl groups is 3. The average Bonchev–Trinajstić information content (AvgIpc) is 2.85. The first-order chi connectivity index (χ1) is 8.43. The zero-order chi connectivity index (χ0) is 13.8. The Morgan fingerprint density at radius 3 is 2.28 bits per heavy atom. The maximum absolute atomic E-state index is 11.9. The summed E-state index contributed by atoms with van der Waals surface area (Å²) >= 11 is 0. The fraction of sp³-hybridized carbons (Fsp3) is 0.600. The first kappa shape index (κ1) is 15.1. The van der Waals surface area contributed by atoms with Gasteiger partial charge in [-0.25, -0.2) is 8.42 Å². The summed E-state index contributed by atoms with van der Waals surface area (Å²) < 4.78 is 31.0. The third kappa shape index (κ3) is 3.09. The van der Waals surface area contributed by atoms with E-state index in [0.29, 0.717) is 0 Å². The van der Waals surface area contributed by atoms with Crippen LogP contribution in [0.15, 0.2) is 21.6 Å². The Morgan fingerprint density at radius 1 is 1.28 bits per heavy atom. The summed E-state index contributed by atoms with van der Waals surface area (Å²) in [5, 5.41) is 26.8. The topological polar surface area (TPSA) is 120 Å². The summed E-state index contributed by atoms with van der Waals surface area (Å²) in [4.78, 5) is 0. The van der Waals surface area contributed by atoms with Crippen LogP contribution in [-0.2, 0) is 16.6 Å². The molecule has 18 heavy (non-hydrogen) atoms. The summed E-state index contributed by atoms with van der Waals surface area (Å²) in [6.45, 7) is 0.157. The minimum atomic E-state index is -3.99. The van der Waals surface area contributed by atoms with Crippen LogP contribution in [0.4, 0.5) is 0 Å². The van der Waals surface area contributed by atoms with Gasteiger partial charge in [-0.3, -0.25) is 0 Å². The Hall–Kier alpha value is -0.930. The Balaban J connectivity index is 3.00. The fourth-order valence-electron chi connectivity index (χ4n) is 1.33. The van der Waals surface area contributed by atoms with Crippen molar-refractivity contribution in [3.8, 4) is 0 Å². The molecule has 1 aromatic rings. The average molecular weight is 279 g/mol. The van der Waals surface area contributed by atoms with Crippen LogP contribution in [0.5, 0.6) is 0 Å². The largest absolute Gasteiger partial charge is 0.446 e. The summed E-state index contributed by atoms with van der Waals surface area (Å²) in [7, 11) is -3.99. The van der Waals surface area contributed by atoms with Crippen LogP contribution in [0.2, 0.25) is 0 Å². The first-order valence-corrected chi connectivity index (χ1v) is 6.86. The molecule has 8 heteroatoms. The molecule has 0 aliphatic carbocycles. The van der Waals surface area contributed by atoms with E-state index >= 15 is 0 Å². The van der Waals surface area contributed by atoms with Crippen LogP contribution in [0.3, 0.4) is 0 Å². The zero-order valence-corrected chi connectivity index (χ0v) is 10.8. The van der Waals surface area contributed by atoms with Crippen molar-refractivity contribution in [1.29, 1.82) is 0 Å². The molecular weight excluding hydrogens is 262 g/mol. The highest BCUT2D eigenvalue weighted by molar-refractivity contribution is 7.89. The van der Waals surface area contributed by atoms with Gasteiger partial charge in [-0.05, 0) is 18.6 Å². The van der Waals surface area contributed by atoms with Crippen molar-refractivity contribution < 1.29 is 28.2 Å². The monoisotopic (exact) mass is 279 g/mol. The second-order valence-electron chi connectivity index (χ2n) is 3.93. The summed E-state index contributed by atoms with van der Waals surface area (Å²) in [5.74, 6) is 0.116. The van der Waals surface area contributed by atoms with Crippen LogP contribution < -0.4 is 4.72 Å². The minimum absolute atomic E-state index is 0.116. The number of nitrogens with one attached hydrogen (secondary N) is 1. The lowest BCUT2D eigenvalue weighted by molar-refractivity contribution is 0.105. The molecule has 1 aromatic heterocycles. The summed E-state index contributed by atoms with van der Waals surface area (Å²) in [5.41, 5.74) is -1.33. The molecule has 0 aromatic carbocycles. The molecule has 7 nitrogen and oxygen atoms in total. The predicted octanol–water partition coefficient (Wildman–Crippen LogP) is -0.816. The Bertz CT molecular complexity index is 468. The second kappa shape index (κ2) is 5.81. The van der Waals surface area contributed by atoms with Crippen LogP contribution in [-0.4, -0.2) is 42.5 Å². The van der Waals surface area contributed by atoms with Gasteiger partial charge >= 0.3 is 0 Å². The molecule has 0 fully saturated rings. The maximum atomic E-state index is 11.9. The number of aliphatic hydroxyl groups excluding tert-OH is 3.